The number of benzene rings is 1. The first-order chi connectivity index (χ1) is 9.25. The second kappa shape index (κ2) is 5.15. The van der Waals surface area contributed by atoms with Crippen molar-refractivity contribution in [3.63, 3.8) is 0 Å². The number of nitrogens with one attached hydrogen (secondary N) is 1. The van der Waals surface area contributed by atoms with Crippen LogP contribution in [0, 0.1) is 6.92 Å². The molecule has 2 heterocycles. The molecular formula is C15H18N2O2. The number of hydrogen-bond donors (Lipinski definition) is 1. The third-order valence-corrected chi connectivity index (χ3v) is 3.69. The Hall–Kier alpha value is -1.65. The average Bonchev–Trinajstić information content (AvgIpc) is 2.85. The van der Waals surface area contributed by atoms with E-state index < -0.39 is 0 Å². The van der Waals surface area contributed by atoms with Gasteiger partial charge in [-0.15, -0.1) is 0 Å². The van der Waals surface area contributed by atoms with E-state index >= 15 is 0 Å². The minimum atomic E-state index is 0.183. The number of nitrogens with zero attached hydrogens (tertiary/aromatic N) is 1. The number of H-pyrrole nitrogens is 1. The summed E-state index contributed by atoms with van der Waals surface area (Å²) < 4.78 is 5.30. The largest absolute Gasteiger partial charge is 0.379 e. The van der Waals surface area contributed by atoms with Crippen LogP contribution in [0.25, 0.3) is 10.9 Å². The standard InChI is InChI=1S/C15H18N2O2/c1-11-3-2-4-13-15(11)12(9-16-13)14(18)10-17-5-7-19-8-6-17/h2-4,9,16H,5-8,10H2,1H3. The summed E-state index contributed by atoms with van der Waals surface area (Å²) in [5.41, 5.74) is 2.98. The van der Waals surface area contributed by atoms with Gasteiger partial charge in [0.2, 0.25) is 0 Å². The number of morpholine rings is 1. The molecular weight excluding hydrogens is 240 g/mol. The van der Waals surface area contributed by atoms with Gasteiger partial charge in [-0.05, 0) is 18.6 Å². The number of aromatic nitrogens is 1. The maximum Gasteiger partial charge on any atom is 0.178 e. The fourth-order valence-electron chi connectivity index (χ4n) is 2.64. The smallest absolute Gasteiger partial charge is 0.178 e. The van der Waals surface area contributed by atoms with Crippen molar-refractivity contribution in [3.05, 3.63) is 35.5 Å². The lowest BCUT2D eigenvalue weighted by Gasteiger charge is -2.25. The van der Waals surface area contributed by atoms with Crippen LogP contribution in [-0.4, -0.2) is 48.5 Å². The zero-order chi connectivity index (χ0) is 13.2. The first kappa shape index (κ1) is 12.4. The summed E-state index contributed by atoms with van der Waals surface area (Å²) in [6, 6.07) is 6.06. The van der Waals surface area contributed by atoms with Gasteiger partial charge in [0.15, 0.2) is 5.78 Å². The monoisotopic (exact) mass is 258 g/mol. The van der Waals surface area contributed by atoms with E-state index in [9.17, 15) is 4.79 Å². The van der Waals surface area contributed by atoms with Crippen LogP contribution in [0.3, 0.4) is 0 Å². The van der Waals surface area contributed by atoms with Crippen LogP contribution in [0.2, 0.25) is 0 Å². The predicted molar refractivity (Wildman–Crippen MR) is 74.6 cm³/mol. The van der Waals surface area contributed by atoms with Gasteiger partial charge in [-0.1, -0.05) is 12.1 Å². The van der Waals surface area contributed by atoms with Crippen LogP contribution in [-0.2, 0) is 4.74 Å². The molecule has 0 spiro atoms. The number of rotatable bonds is 3. The summed E-state index contributed by atoms with van der Waals surface area (Å²) in [4.78, 5) is 17.8. The van der Waals surface area contributed by atoms with Crippen LogP contribution in [0.5, 0.6) is 0 Å². The van der Waals surface area contributed by atoms with Crippen molar-refractivity contribution in [1.29, 1.82) is 0 Å². The molecule has 2 aromatic rings. The number of fused-ring (bicyclic) bond motifs is 1. The minimum Gasteiger partial charge on any atom is -0.379 e. The van der Waals surface area contributed by atoms with Gasteiger partial charge in [0.05, 0.1) is 19.8 Å². The molecule has 1 aliphatic heterocycles. The van der Waals surface area contributed by atoms with Crippen molar-refractivity contribution in [3.8, 4) is 0 Å². The van der Waals surface area contributed by atoms with Gasteiger partial charge in [0, 0.05) is 35.8 Å². The minimum absolute atomic E-state index is 0.183. The lowest BCUT2D eigenvalue weighted by molar-refractivity contribution is 0.0371. The Balaban J connectivity index is 1.85. The van der Waals surface area contributed by atoms with Crippen LogP contribution >= 0.6 is 0 Å². The highest BCUT2D eigenvalue weighted by Crippen LogP contribution is 2.22. The molecule has 1 aromatic heterocycles. The van der Waals surface area contributed by atoms with Crippen molar-refractivity contribution in [2.45, 2.75) is 6.92 Å². The van der Waals surface area contributed by atoms with Gasteiger partial charge in [-0.3, -0.25) is 9.69 Å². The van der Waals surface area contributed by atoms with Crippen molar-refractivity contribution in [2.75, 3.05) is 32.8 Å². The number of carbonyl (C=O) groups excluding carboxylic acids is 1. The van der Waals surface area contributed by atoms with Gasteiger partial charge in [0.1, 0.15) is 0 Å². The molecule has 0 radical (unpaired) electrons. The van der Waals surface area contributed by atoms with E-state index in [0.29, 0.717) is 6.54 Å². The van der Waals surface area contributed by atoms with Crippen LogP contribution in [0.4, 0.5) is 0 Å². The summed E-state index contributed by atoms with van der Waals surface area (Å²) in [5.74, 6) is 0.183. The van der Waals surface area contributed by atoms with Gasteiger partial charge < -0.3 is 9.72 Å². The quantitative estimate of drug-likeness (QED) is 0.856. The Morgan fingerprint density at radius 3 is 2.95 bits per heavy atom. The molecule has 0 aliphatic carbocycles. The topological polar surface area (TPSA) is 45.3 Å². The maximum absolute atomic E-state index is 12.4. The molecule has 0 saturated carbocycles. The summed E-state index contributed by atoms with van der Waals surface area (Å²) >= 11 is 0. The Kier molecular flexibility index (Phi) is 3.36. The van der Waals surface area contributed by atoms with E-state index in [-0.39, 0.29) is 5.78 Å². The van der Waals surface area contributed by atoms with E-state index in [4.69, 9.17) is 4.74 Å². The Bertz CT molecular complexity index is 597. The predicted octanol–water partition coefficient (Wildman–Crippen LogP) is 1.99. The number of carbonyl (C=O) groups is 1. The van der Waals surface area contributed by atoms with Gasteiger partial charge in [-0.2, -0.15) is 0 Å². The van der Waals surface area contributed by atoms with Crippen molar-refractivity contribution >= 4 is 16.7 Å². The third kappa shape index (κ3) is 2.41. The molecule has 19 heavy (non-hydrogen) atoms. The Morgan fingerprint density at radius 2 is 2.16 bits per heavy atom. The molecule has 0 amide bonds. The van der Waals surface area contributed by atoms with Gasteiger partial charge in [0.25, 0.3) is 0 Å². The van der Waals surface area contributed by atoms with Crippen LogP contribution in [0.15, 0.2) is 24.4 Å². The number of ether oxygens (including phenoxy) is 1. The highest BCUT2D eigenvalue weighted by molar-refractivity contribution is 6.09. The van der Waals surface area contributed by atoms with Gasteiger partial charge >= 0.3 is 0 Å². The summed E-state index contributed by atoms with van der Waals surface area (Å²) in [6.45, 7) is 5.65. The molecule has 0 atom stereocenters. The fraction of sp³-hybridized carbons (Fsp3) is 0.400. The zero-order valence-electron chi connectivity index (χ0n) is 11.1. The molecule has 4 heteroatoms. The SMILES string of the molecule is Cc1cccc2[nH]cc(C(=O)CN3CCOCC3)c12. The second-order valence-electron chi connectivity index (χ2n) is 5.01. The molecule has 3 rings (SSSR count). The third-order valence-electron chi connectivity index (χ3n) is 3.69. The summed E-state index contributed by atoms with van der Waals surface area (Å²) in [7, 11) is 0. The Morgan fingerprint density at radius 1 is 1.37 bits per heavy atom. The van der Waals surface area contributed by atoms with Crippen molar-refractivity contribution in [2.24, 2.45) is 0 Å². The highest BCUT2D eigenvalue weighted by Gasteiger charge is 2.18. The molecule has 4 nitrogen and oxygen atoms in total. The van der Waals surface area contributed by atoms with E-state index in [2.05, 4.69) is 9.88 Å². The maximum atomic E-state index is 12.4. The van der Waals surface area contributed by atoms with E-state index in [0.717, 1.165) is 48.3 Å². The fourth-order valence-corrected chi connectivity index (χ4v) is 2.64. The number of aryl methyl sites for hydroxylation is 1. The van der Waals surface area contributed by atoms with E-state index in [1.54, 1.807) is 0 Å². The van der Waals surface area contributed by atoms with Crippen molar-refractivity contribution < 1.29 is 9.53 Å². The number of aromatic amines is 1. The Labute approximate surface area is 112 Å². The summed E-state index contributed by atoms with van der Waals surface area (Å²) in [6.07, 6.45) is 1.83. The molecule has 1 fully saturated rings. The molecule has 1 N–H and O–H groups in total. The highest BCUT2D eigenvalue weighted by atomic mass is 16.5. The molecule has 1 aliphatic rings. The molecule has 1 saturated heterocycles. The first-order valence-electron chi connectivity index (χ1n) is 6.66. The summed E-state index contributed by atoms with van der Waals surface area (Å²) in [5, 5.41) is 1.06. The number of ketones is 1. The normalized spacial score (nSPS) is 16.9. The molecule has 0 bridgehead atoms. The van der Waals surface area contributed by atoms with Gasteiger partial charge in [-0.25, -0.2) is 0 Å². The lowest BCUT2D eigenvalue weighted by atomic mass is 10.0. The van der Waals surface area contributed by atoms with E-state index in [1.807, 2.05) is 31.3 Å². The van der Waals surface area contributed by atoms with E-state index in [1.165, 1.54) is 0 Å². The first-order valence-corrected chi connectivity index (χ1v) is 6.66. The lowest BCUT2D eigenvalue weighted by Crippen LogP contribution is -2.39. The van der Waals surface area contributed by atoms with Crippen LogP contribution in [0.1, 0.15) is 15.9 Å². The van der Waals surface area contributed by atoms with Crippen molar-refractivity contribution in [1.82, 2.24) is 9.88 Å². The second-order valence-corrected chi connectivity index (χ2v) is 5.01. The molecule has 100 valence electrons. The van der Waals surface area contributed by atoms with Crippen LogP contribution < -0.4 is 0 Å². The number of Topliss-reactive ketones (excluding diaryl/α,β-unsaturated/α-hetero) is 1. The molecule has 1 aromatic carbocycles. The average molecular weight is 258 g/mol. The molecule has 0 unspecified atom stereocenters. The zero-order valence-corrected chi connectivity index (χ0v) is 11.1. The number of hydrogen-bond acceptors (Lipinski definition) is 3.